The fourth-order valence-electron chi connectivity index (χ4n) is 1.76. The minimum absolute atomic E-state index is 0.242. The average molecular weight is 305 g/mol. The number of nitrogens with zero attached hydrogens (tertiary/aromatic N) is 2. The van der Waals surface area contributed by atoms with Gasteiger partial charge in [0.15, 0.2) is 0 Å². The molecule has 0 spiro atoms. The molecule has 0 atom stereocenters. The van der Waals surface area contributed by atoms with E-state index in [1.165, 1.54) is 11.3 Å². The molecule has 102 valence electrons. The summed E-state index contributed by atoms with van der Waals surface area (Å²) in [6.45, 7) is 0.242. The zero-order valence-electron chi connectivity index (χ0n) is 10.4. The number of thiazole rings is 1. The molecule has 3 aromatic rings. The van der Waals surface area contributed by atoms with Crippen molar-refractivity contribution in [1.82, 2.24) is 14.7 Å². The van der Waals surface area contributed by atoms with Crippen molar-refractivity contribution in [3.63, 3.8) is 0 Å². The van der Waals surface area contributed by atoms with Gasteiger partial charge < -0.3 is 0 Å². The van der Waals surface area contributed by atoms with Crippen LogP contribution in [0.15, 0.2) is 53.1 Å². The minimum Gasteiger partial charge on any atom is -0.265 e. The number of sulfonamides is 1. The second-order valence-corrected chi connectivity index (χ2v) is 6.82. The van der Waals surface area contributed by atoms with Crippen molar-refractivity contribution in [3.05, 3.63) is 53.8 Å². The lowest BCUT2D eigenvalue weighted by atomic mass is 10.3. The third-order valence-corrected chi connectivity index (χ3v) is 5.02. The van der Waals surface area contributed by atoms with Gasteiger partial charge >= 0.3 is 0 Å². The van der Waals surface area contributed by atoms with Crippen molar-refractivity contribution in [1.29, 1.82) is 0 Å². The summed E-state index contributed by atoms with van der Waals surface area (Å²) in [6, 6.07) is 8.47. The number of nitrogens with one attached hydrogen (secondary N) is 1. The summed E-state index contributed by atoms with van der Waals surface area (Å²) in [5.74, 6) is 0. The van der Waals surface area contributed by atoms with E-state index in [-0.39, 0.29) is 11.4 Å². The van der Waals surface area contributed by atoms with Crippen LogP contribution in [0.4, 0.5) is 0 Å². The normalized spacial score (nSPS) is 11.8. The van der Waals surface area contributed by atoms with Gasteiger partial charge in [-0.15, -0.1) is 11.3 Å². The van der Waals surface area contributed by atoms with Crippen LogP contribution in [0, 0.1) is 0 Å². The molecule has 0 aliphatic rings. The standard InChI is InChI=1S/C13H11N3O2S2/c17-20(18,16-8-10-3-5-14-6-4-10)11-1-2-12-13(7-11)19-9-15-12/h1-7,9,16H,8H2. The molecule has 0 fully saturated rings. The first-order valence-corrected chi connectivity index (χ1v) is 8.23. The van der Waals surface area contributed by atoms with Gasteiger partial charge in [0, 0.05) is 18.9 Å². The van der Waals surface area contributed by atoms with Crippen molar-refractivity contribution in [2.45, 2.75) is 11.4 Å². The maximum Gasteiger partial charge on any atom is 0.240 e. The van der Waals surface area contributed by atoms with Gasteiger partial charge in [-0.2, -0.15) is 0 Å². The fourth-order valence-corrected chi connectivity index (χ4v) is 3.60. The molecular formula is C13H11N3O2S2. The van der Waals surface area contributed by atoms with E-state index in [1.54, 1.807) is 48.2 Å². The molecule has 0 unspecified atom stereocenters. The lowest BCUT2D eigenvalue weighted by molar-refractivity contribution is 0.581. The average Bonchev–Trinajstić information content (AvgIpc) is 2.94. The maximum atomic E-state index is 12.2. The third kappa shape index (κ3) is 2.69. The van der Waals surface area contributed by atoms with Crippen LogP contribution in [-0.2, 0) is 16.6 Å². The molecule has 2 heterocycles. The smallest absolute Gasteiger partial charge is 0.240 e. The second kappa shape index (κ2) is 5.28. The largest absolute Gasteiger partial charge is 0.265 e. The molecule has 2 aromatic heterocycles. The van der Waals surface area contributed by atoms with E-state index in [0.29, 0.717) is 0 Å². The van der Waals surface area contributed by atoms with Gasteiger partial charge in [-0.1, -0.05) is 0 Å². The highest BCUT2D eigenvalue weighted by atomic mass is 32.2. The molecule has 7 heteroatoms. The summed E-state index contributed by atoms with van der Waals surface area (Å²) in [6.07, 6.45) is 3.26. The number of aromatic nitrogens is 2. The number of benzene rings is 1. The van der Waals surface area contributed by atoms with E-state index in [9.17, 15) is 8.42 Å². The molecule has 0 aliphatic carbocycles. The molecule has 1 aromatic carbocycles. The molecule has 0 saturated heterocycles. The van der Waals surface area contributed by atoms with Crippen LogP contribution in [0.3, 0.4) is 0 Å². The van der Waals surface area contributed by atoms with E-state index in [0.717, 1.165) is 15.8 Å². The Bertz CT molecular complexity index is 829. The van der Waals surface area contributed by atoms with E-state index >= 15 is 0 Å². The fraction of sp³-hybridized carbons (Fsp3) is 0.0769. The molecule has 0 aliphatic heterocycles. The summed E-state index contributed by atoms with van der Waals surface area (Å²) < 4.78 is 27.9. The van der Waals surface area contributed by atoms with Crippen molar-refractivity contribution in [2.24, 2.45) is 0 Å². The zero-order chi connectivity index (χ0) is 14.0. The summed E-state index contributed by atoms with van der Waals surface area (Å²) in [7, 11) is -3.52. The lowest BCUT2D eigenvalue weighted by Crippen LogP contribution is -2.23. The van der Waals surface area contributed by atoms with Gasteiger partial charge in [0.25, 0.3) is 0 Å². The highest BCUT2D eigenvalue weighted by Crippen LogP contribution is 2.21. The number of pyridine rings is 1. The van der Waals surface area contributed by atoms with Crippen LogP contribution < -0.4 is 4.72 Å². The monoisotopic (exact) mass is 305 g/mol. The van der Waals surface area contributed by atoms with Crippen LogP contribution >= 0.6 is 11.3 Å². The molecule has 0 radical (unpaired) electrons. The first-order valence-electron chi connectivity index (χ1n) is 5.87. The van der Waals surface area contributed by atoms with Crippen LogP contribution in [0.5, 0.6) is 0 Å². The summed E-state index contributed by atoms with van der Waals surface area (Å²) in [4.78, 5) is 8.28. The summed E-state index contributed by atoms with van der Waals surface area (Å²) >= 11 is 1.42. The topological polar surface area (TPSA) is 72.0 Å². The maximum absolute atomic E-state index is 12.2. The van der Waals surface area contributed by atoms with Gasteiger partial charge in [-0.25, -0.2) is 18.1 Å². The Morgan fingerprint density at radius 1 is 1.15 bits per heavy atom. The van der Waals surface area contributed by atoms with E-state index in [4.69, 9.17) is 0 Å². The third-order valence-electron chi connectivity index (χ3n) is 2.83. The molecule has 0 saturated carbocycles. The zero-order valence-corrected chi connectivity index (χ0v) is 12.0. The van der Waals surface area contributed by atoms with Gasteiger partial charge in [-0.3, -0.25) is 4.98 Å². The Morgan fingerprint density at radius 2 is 1.95 bits per heavy atom. The highest BCUT2D eigenvalue weighted by molar-refractivity contribution is 7.89. The summed E-state index contributed by atoms with van der Waals surface area (Å²) in [5, 5.41) is 0. The second-order valence-electron chi connectivity index (χ2n) is 4.16. The number of hydrogen-bond donors (Lipinski definition) is 1. The summed E-state index contributed by atoms with van der Waals surface area (Å²) in [5.41, 5.74) is 3.37. The van der Waals surface area contributed by atoms with Crippen molar-refractivity contribution >= 4 is 31.6 Å². The quantitative estimate of drug-likeness (QED) is 0.802. The van der Waals surface area contributed by atoms with Crippen molar-refractivity contribution in [3.8, 4) is 0 Å². The van der Waals surface area contributed by atoms with Gasteiger partial charge in [0.2, 0.25) is 10.0 Å². The van der Waals surface area contributed by atoms with Crippen LogP contribution in [-0.4, -0.2) is 18.4 Å². The Kier molecular flexibility index (Phi) is 3.47. The number of fused-ring (bicyclic) bond motifs is 1. The van der Waals surface area contributed by atoms with Crippen LogP contribution in [0.1, 0.15) is 5.56 Å². The molecule has 1 N–H and O–H groups in total. The molecule has 5 nitrogen and oxygen atoms in total. The molecule has 3 rings (SSSR count). The predicted molar refractivity (Wildman–Crippen MR) is 77.9 cm³/mol. The SMILES string of the molecule is O=S(=O)(NCc1ccncc1)c1ccc2ncsc2c1. The van der Waals surface area contributed by atoms with E-state index < -0.39 is 10.0 Å². The van der Waals surface area contributed by atoms with Gasteiger partial charge in [-0.05, 0) is 35.9 Å². The molecule has 20 heavy (non-hydrogen) atoms. The predicted octanol–water partition coefficient (Wildman–Crippen LogP) is 2.17. The van der Waals surface area contributed by atoms with Crippen molar-refractivity contribution in [2.75, 3.05) is 0 Å². The van der Waals surface area contributed by atoms with E-state index in [2.05, 4.69) is 14.7 Å². The number of hydrogen-bond acceptors (Lipinski definition) is 5. The van der Waals surface area contributed by atoms with Gasteiger partial charge in [0.1, 0.15) is 0 Å². The Balaban J connectivity index is 1.84. The molecule has 0 amide bonds. The van der Waals surface area contributed by atoms with E-state index in [1.807, 2.05) is 0 Å². The highest BCUT2D eigenvalue weighted by Gasteiger charge is 2.14. The van der Waals surface area contributed by atoms with Crippen LogP contribution in [0.25, 0.3) is 10.2 Å². The van der Waals surface area contributed by atoms with Crippen LogP contribution in [0.2, 0.25) is 0 Å². The number of rotatable bonds is 4. The molecule has 0 bridgehead atoms. The Labute approximate surface area is 120 Å². The van der Waals surface area contributed by atoms with Crippen molar-refractivity contribution < 1.29 is 8.42 Å². The lowest BCUT2D eigenvalue weighted by Gasteiger charge is -2.06. The van der Waals surface area contributed by atoms with Gasteiger partial charge in [0.05, 0.1) is 20.6 Å². The Hall–Kier alpha value is -1.83. The molecular weight excluding hydrogens is 294 g/mol. The minimum atomic E-state index is -3.52. The first-order chi connectivity index (χ1) is 9.65. The Morgan fingerprint density at radius 3 is 2.75 bits per heavy atom. The first kappa shape index (κ1) is 13.2.